The Morgan fingerprint density at radius 3 is 2.12 bits per heavy atom. The molecule has 2 atom stereocenters. The van der Waals surface area contributed by atoms with Gasteiger partial charge in [-0.15, -0.1) is 0 Å². The van der Waals surface area contributed by atoms with Crippen LogP contribution in [0.25, 0.3) is 0 Å². The van der Waals surface area contributed by atoms with Crippen LogP contribution < -0.4 is 10.6 Å². The van der Waals surface area contributed by atoms with Crippen molar-refractivity contribution in [2.24, 2.45) is 0 Å². The predicted molar refractivity (Wildman–Crippen MR) is 80.8 cm³/mol. The van der Waals surface area contributed by atoms with Gasteiger partial charge in [0.1, 0.15) is 5.76 Å². The predicted octanol–water partition coefficient (Wildman–Crippen LogP) is 3.83. The lowest BCUT2D eigenvalue weighted by atomic mass is 10.1. The van der Waals surface area contributed by atoms with Crippen LogP contribution in [0, 0.1) is 31.3 Å². The van der Waals surface area contributed by atoms with Crippen molar-refractivity contribution >= 4 is 6.03 Å². The number of urea groups is 1. The summed E-state index contributed by atoms with van der Waals surface area (Å²) in [5, 5.41) is 9.05. The van der Waals surface area contributed by atoms with E-state index in [1.807, 2.05) is 0 Å². The molecule has 0 saturated heterocycles. The van der Waals surface area contributed by atoms with Gasteiger partial charge in [-0.05, 0) is 45.4 Å². The zero-order valence-electron chi connectivity index (χ0n) is 13.7. The number of aryl methyl sites for hydroxylation is 2. The lowest BCUT2D eigenvalue weighted by Crippen LogP contribution is -2.38. The lowest BCUT2D eigenvalue weighted by molar-refractivity contribution is 0.234. The minimum atomic E-state index is -1.54. The number of amides is 2. The minimum Gasteiger partial charge on any atom is -0.361 e. The summed E-state index contributed by atoms with van der Waals surface area (Å²) < 4.78 is 44.5. The van der Waals surface area contributed by atoms with Crippen molar-refractivity contribution in [3.8, 4) is 0 Å². The Balaban J connectivity index is 2.04. The van der Waals surface area contributed by atoms with Crippen molar-refractivity contribution in [2.75, 3.05) is 0 Å². The van der Waals surface area contributed by atoms with E-state index in [0.717, 1.165) is 17.7 Å². The van der Waals surface area contributed by atoms with Crippen LogP contribution in [0.5, 0.6) is 0 Å². The summed E-state index contributed by atoms with van der Waals surface area (Å²) in [5.74, 6) is -3.55. The van der Waals surface area contributed by atoms with Gasteiger partial charge in [-0.25, -0.2) is 18.0 Å². The molecule has 2 N–H and O–H groups in total. The first kappa shape index (κ1) is 17.8. The van der Waals surface area contributed by atoms with Crippen LogP contribution in [0.3, 0.4) is 0 Å². The van der Waals surface area contributed by atoms with Crippen molar-refractivity contribution in [3.05, 3.63) is 52.2 Å². The highest BCUT2D eigenvalue weighted by atomic mass is 19.2. The average molecular weight is 341 g/mol. The highest BCUT2D eigenvalue weighted by Crippen LogP contribution is 2.22. The number of rotatable bonds is 4. The number of hydrogen-bond acceptors (Lipinski definition) is 3. The fraction of sp³-hybridized carbons (Fsp3) is 0.375. The second-order valence-electron chi connectivity index (χ2n) is 5.60. The molecule has 0 bridgehead atoms. The van der Waals surface area contributed by atoms with Crippen molar-refractivity contribution in [2.45, 2.75) is 39.8 Å². The molecule has 0 spiro atoms. The zero-order chi connectivity index (χ0) is 18.0. The van der Waals surface area contributed by atoms with Gasteiger partial charge in [0.2, 0.25) is 0 Å². The van der Waals surface area contributed by atoms with E-state index in [9.17, 15) is 18.0 Å². The van der Waals surface area contributed by atoms with E-state index < -0.39 is 29.5 Å². The van der Waals surface area contributed by atoms with E-state index in [0.29, 0.717) is 11.5 Å². The molecule has 24 heavy (non-hydrogen) atoms. The molecule has 1 aromatic heterocycles. The first-order valence-corrected chi connectivity index (χ1v) is 7.35. The van der Waals surface area contributed by atoms with Crippen LogP contribution in [0.1, 0.15) is 48.5 Å². The topological polar surface area (TPSA) is 67.2 Å². The van der Waals surface area contributed by atoms with Gasteiger partial charge in [-0.3, -0.25) is 0 Å². The molecule has 0 fully saturated rings. The van der Waals surface area contributed by atoms with Gasteiger partial charge in [0.15, 0.2) is 17.5 Å². The average Bonchev–Trinajstić information content (AvgIpc) is 2.83. The Labute approximate surface area is 137 Å². The Hall–Kier alpha value is -2.51. The standard InChI is InChI=1S/C16H18F3N3O2/c1-7(11-5-12(17)15(19)13(18)6-11)20-16(23)21-8(2)14-9(3)22-24-10(14)4/h5-8H,1-4H3,(H2,20,21,23). The van der Waals surface area contributed by atoms with Gasteiger partial charge in [-0.2, -0.15) is 0 Å². The number of carbonyl (C=O) groups excluding carboxylic acids is 1. The second kappa shape index (κ2) is 6.94. The van der Waals surface area contributed by atoms with Crippen molar-refractivity contribution in [1.82, 2.24) is 15.8 Å². The zero-order valence-corrected chi connectivity index (χ0v) is 13.7. The summed E-state index contributed by atoms with van der Waals surface area (Å²) >= 11 is 0. The molecule has 8 heteroatoms. The lowest BCUT2D eigenvalue weighted by Gasteiger charge is -2.18. The van der Waals surface area contributed by atoms with Crippen molar-refractivity contribution in [1.29, 1.82) is 0 Å². The molecule has 5 nitrogen and oxygen atoms in total. The van der Waals surface area contributed by atoms with Gasteiger partial charge in [-0.1, -0.05) is 5.16 Å². The fourth-order valence-electron chi connectivity index (χ4n) is 2.52. The van der Waals surface area contributed by atoms with Gasteiger partial charge in [0.25, 0.3) is 0 Å². The molecule has 0 radical (unpaired) electrons. The van der Waals surface area contributed by atoms with Crippen LogP contribution in [-0.2, 0) is 0 Å². The molecule has 0 saturated carbocycles. The van der Waals surface area contributed by atoms with E-state index in [2.05, 4.69) is 15.8 Å². The third kappa shape index (κ3) is 3.69. The Kier molecular flexibility index (Phi) is 5.16. The molecule has 0 aliphatic rings. The SMILES string of the molecule is Cc1noc(C)c1C(C)NC(=O)NC(C)c1cc(F)c(F)c(F)c1. The number of nitrogens with one attached hydrogen (secondary N) is 2. The van der Waals surface area contributed by atoms with Gasteiger partial charge in [0.05, 0.1) is 17.8 Å². The maximum atomic E-state index is 13.3. The number of benzene rings is 1. The van der Waals surface area contributed by atoms with Crippen LogP contribution in [0.15, 0.2) is 16.7 Å². The monoisotopic (exact) mass is 341 g/mol. The Bertz CT molecular complexity index is 719. The smallest absolute Gasteiger partial charge is 0.315 e. The van der Waals surface area contributed by atoms with Crippen LogP contribution in [0.2, 0.25) is 0 Å². The Morgan fingerprint density at radius 1 is 1.08 bits per heavy atom. The van der Waals surface area contributed by atoms with Crippen LogP contribution in [-0.4, -0.2) is 11.2 Å². The fourth-order valence-corrected chi connectivity index (χ4v) is 2.52. The van der Waals surface area contributed by atoms with E-state index in [1.54, 1.807) is 20.8 Å². The normalized spacial score (nSPS) is 13.5. The molecule has 0 aliphatic carbocycles. The molecule has 2 amide bonds. The summed E-state index contributed by atoms with van der Waals surface area (Å²) in [7, 11) is 0. The van der Waals surface area contributed by atoms with E-state index in [1.165, 1.54) is 6.92 Å². The maximum absolute atomic E-state index is 13.3. The molecule has 1 heterocycles. The van der Waals surface area contributed by atoms with E-state index in [4.69, 9.17) is 4.52 Å². The summed E-state index contributed by atoms with van der Waals surface area (Å²) in [6, 6.07) is 0.0686. The second-order valence-corrected chi connectivity index (χ2v) is 5.60. The van der Waals surface area contributed by atoms with Gasteiger partial charge < -0.3 is 15.2 Å². The first-order chi connectivity index (χ1) is 11.2. The van der Waals surface area contributed by atoms with Crippen LogP contribution >= 0.6 is 0 Å². The molecular weight excluding hydrogens is 323 g/mol. The number of hydrogen-bond donors (Lipinski definition) is 2. The molecule has 2 rings (SSSR count). The van der Waals surface area contributed by atoms with E-state index >= 15 is 0 Å². The summed E-state index contributed by atoms with van der Waals surface area (Å²) in [6.07, 6.45) is 0. The van der Waals surface area contributed by atoms with Gasteiger partial charge >= 0.3 is 6.03 Å². The summed E-state index contributed by atoms with van der Waals surface area (Å²) in [6.45, 7) is 6.78. The van der Waals surface area contributed by atoms with E-state index in [-0.39, 0.29) is 11.6 Å². The third-order valence-electron chi connectivity index (χ3n) is 3.72. The number of carbonyl (C=O) groups is 1. The first-order valence-electron chi connectivity index (χ1n) is 7.35. The molecule has 2 aromatic rings. The van der Waals surface area contributed by atoms with Crippen molar-refractivity contribution in [3.63, 3.8) is 0 Å². The summed E-state index contributed by atoms with van der Waals surface area (Å²) in [5.41, 5.74) is 1.54. The quantitative estimate of drug-likeness (QED) is 0.831. The largest absolute Gasteiger partial charge is 0.361 e. The summed E-state index contributed by atoms with van der Waals surface area (Å²) in [4.78, 5) is 12.1. The third-order valence-corrected chi connectivity index (χ3v) is 3.72. The molecule has 130 valence electrons. The molecular formula is C16H18F3N3O2. The van der Waals surface area contributed by atoms with Crippen LogP contribution in [0.4, 0.5) is 18.0 Å². The van der Waals surface area contributed by atoms with Gasteiger partial charge in [0, 0.05) is 5.56 Å². The number of aromatic nitrogens is 1. The molecule has 0 aliphatic heterocycles. The minimum absolute atomic E-state index is 0.117. The number of nitrogens with zero attached hydrogens (tertiary/aromatic N) is 1. The maximum Gasteiger partial charge on any atom is 0.315 e. The Morgan fingerprint density at radius 2 is 1.62 bits per heavy atom. The molecule has 1 aromatic carbocycles. The highest BCUT2D eigenvalue weighted by Gasteiger charge is 2.20. The van der Waals surface area contributed by atoms with Crippen molar-refractivity contribution < 1.29 is 22.5 Å². The highest BCUT2D eigenvalue weighted by molar-refractivity contribution is 5.75. The molecule has 2 unspecified atom stereocenters. The number of halogens is 3.